The van der Waals surface area contributed by atoms with Crippen molar-refractivity contribution >= 4 is 29.9 Å². The van der Waals surface area contributed by atoms with E-state index in [-0.39, 0.29) is 29.1 Å². The Morgan fingerprint density at radius 3 is 2.40 bits per heavy atom. The number of pyridine rings is 1. The van der Waals surface area contributed by atoms with E-state index in [1.54, 1.807) is 31.0 Å². The highest BCUT2D eigenvalue weighted by molar-refractivity contribution is 7.96. The SMILES string of the molecule is CNSC.COc1ccc(-c2ccc(C)c(C=O)n2)c(C)c1[C@H]1C2=C(CC(C)(C)CC2=O)OC2=C1C(=O)N(C)[C@@H]2C(C)C. The van der Waals surface area contributed by atoms with Gasteiger partial charge in [-0.25, -0.2) is 4.98 Å². The Morgan fingerprint density at radius 2 is 1.81 bits per heavy atom. The van der Waals surface area contributed by atoms with Gasteiger partial charge in [0.05, 0.1) is 30.3 Å². The van der Waals surface area contributed by atoms with E-state index < -0.39 is 5.92 Å². The summed E-state index contributed by atoms with van der Waals surface area (Å²) in [6, 6.07) is 7.31. The number of ketones is 1. The zero-order chi connectivity index (χ0) is 31.8. The number of aldehydes is 1. The number of rotatable bonds is 6. The van der Waals surface area contributed by atoms with Crippen LogP contribution in [0, 0.1) is 25.2 Å². The molecule has 8 nitrogen and oxygen atoms in total. The maximum atomic E-state index is 13.9. The minimum absolute atomic E-state index is 0.00944. The third-order valence-electron chi connectivity index (χ3n) is 8.53. The van der Waals surface area contributed by atoms with Crippen molar-refractivity contribution in [2.75, 3.05) is 27.5 Å². The number of nitrogens with zero attached hydrogens (tertiary/aromatic N) is 2. The lowest BCUT2D eigenvalue weighted by molar-refractivity contribution is -0.126. The van der Waals surface area contributed by atoms with Gasteiger partial charge >= 0.3 is 0 Å². The van der Waals surface area contributed by atoms with Gasteiger partial charge in [0.15, 0.2) is 12.1 Å². The lowest BCUT2D eigenvalue weighted by Crippen LogP contribution is -2.36. The highest BCUT2D eigenvalue weighted by Crippen LogP contribution is 2.55. The number of benzene rings is 1. The first kappa shape index (κ1) is 32.5. The van der Waals surface area contributed by atoms with Gasteiger partial charge in [0.1, 0.15) is 23.0 Å². The van der Waals surface area contributed by atoms with Crippen LogP contribution in [-0.4, -0.2) is 61.4 Å². The molecule has 0 saturated carbocycles. The number of methoxy groups -OCH3 is 1. The van der Waals surface area contributed by atoms with Crippen molar-refractivity contribution in [2.45, 2.75) is 66.3 Å². The molecule has 2 aromatic rings. The van der Waals surface area contributed by atoms with Crippen LogP contribution in [0.1, 0.15) is 73.6 Å². The summed E-state index contributed by atoms with van der Waals surface area (Å²) in [6.45, 7) is 12.1. The molecule has 9 heteroatoms. The predicted molar refractivity (Wildman–Crippen MR) is 171 cm³/mol. The van der Waals surface area contributed by atoms with Gasteiger partial charge in [0, 0.05) is 36.6 Å². The summed E-state index contributed by atoms with van der Waals surface area (Å²) < 4.78 is 15.3. The summed E-state index contributed by atoms with van der Waals surface area (Å²) in [7, 11) is 5.29. The lowest BCUT2D eigenvalue weighted by Gasteiger charge is -2.39. The predicted octanol–water partition coefficient (Wildman–Crippen LogP) is 6.18. The molecule has 3 heterocycles. The molecular weight excluding hydrogens is 562 g/mol. The van der Waals surface area contributed by atoms with E-state index in [1.807, 2.05) is 51.4 Å². The monoisotopic (exact) mass is 605 g/mol. The zero-order valence-electron chi connectivity index (χ0n) is 26.9. The molecular formula is C34H43N3O5S. The maximum Gasteiger partial charge on any atom is 0.254 e. The van der Waals surface area contributed by atoms with E-state index in [4.69, 9.17) is 9.47 Å². The molecule has 0 bridgehead atoms. The van der Waals surface area contributed by atoms with Gasteiger partial charge in [-0.05, 0) is 67.8 Å². The van der Waals surface area contributed by atoms with Crippen molar-refractivity contribution in [1.82, 2.24) is 14.6 Å². The molecule has 0 saturated heterocycles. The molecule has 0 radical (unpaired) electrons. The summed E-state index contributed by atoms with van der Waals surface area (Å²) >= 11 is 1.61. The molecule has 1 aromatic carbocycles. The van der Waals surface area contributed by atoms with Crippen molar-refractivity contribution in [1.29, 1.82) is 0 Å². The van der Waals surface area contributed by atoms with Crippen molar-refractivity contribution in [3.8, 4) is 17.0 Å². The third kappa shape index (κ3) is 5.89. The standard InChI is InChI=1S/C32H36N2O5.C2H7NS/c1-16(2)29-30-28(31(37)34(29)7)27(26-22(36)13-32(5,6)14-24(26)39-30)25-18(4)19(10-12-23(25)38-8)20-11-9-17(3)21(15-35)33-20;1-3-4-2/h9-12,15-16,27,29H,13-14H2,1-8H3;3H,1-2H3/t27-,29+;/m0./s1. The number of carbonyl (C=O) groups is 3. The second-order valence-electron chi connectivity index (χ2n) is 12.5. The van der Waals surface area contributed by atoms with Crippen molar-refractivity contribution in [3.63, 3.8) is 0 Å². The van der Waals surface area contributed by atoms with E-state index >= 15 is 0 Å². The summed E-state index contributed by atoms with van der Waals surface area (Å²) in [4.78, 5) is 45.7. The second kappa shape index (κ2) is 12.7. The molecule has 2 aliphatic heterocycles. The third-order valence-corrected chi connectivity index (χ3v) is 8.94. The topological polar surface area (TPSA) is 97.8 Å². The number of nitrogens with one attached hydrogen (secondary N) is 1. The number of aryl methyl sites for hydroxylation is 1. The Kier molecular flexibility index (Phi) is 9.57. The Labute approximate surface area is 259 Å². The van der Waals surface area contributed by atoms with Crippen LogP contribution < -0.4 is 9.46 Å². The summed E-state index contributed by atoms with van der Waals surface area (Å²) in [5.74, 6) is 1.22. The molecule has 230 valence electrons. The first-order valence-corrected chi connectivity index (χ1v) is 15.8. The van der Waals surface area contributed by atoms with E-state index in [9.17, 15) is 14.4 Å². The lowest BCUT2D eigenvalue weighted by atomic mass is 9.68. The molecule has 1 N–H and O–H groups in total. The Morgan fingerprint density at radius 1 is 1.14 bits per heavy atom. The number of hydrogen-bond donors (Lipinski definition) is 1. The number of aromatic nitrogens is 1. The number of allylic oxidation sites excluding steroid dienone is 2. The minimum atomic E-state index is -0.628. The average Bonchev–Trinajstić information content (AvgIpc) is 3.20. The van der Waals surface area contributed by atoms with Crippen LogP contribution in [0.25, 0.3) is 11.3 Å². The molecule has 0 spiro atoms. The fourth-order valence-electron chi connectivity index (χ4n) is 6.48. The van der Waals surface area contributed by atoms with Gasteiger partial charge in [-0.15, -0.1) is 0 Å². The fraction of sp³-hybridized carbons (Fsp3) is 0.471. The van der Waals surface area contributed by atoms with E-state index in [1.165, 1.54) is 0 Å². The highest BCUT2D eigenvalue weighted by Gasteiger charge is 2.52. The van der Waals surface area contributed by atoms with Gasteiger partial charge in [0.25, 0.3) is 5.91 Å². The first-order valence-electron chi connectivity index (χ1n) is 14.6. The fourth-order valence-corrected chi connectivity index (χ4v) is 6.48. The largest absolute Gasteiger partial charge is 0.496 e. The minimum Gasteiger partial charge on any atom is -0.496 e. The molecule has 1 amide bonds. The molecule has 0 fully saturated rings. The van der Waals surface area contributed by atoms with Crippen LogP contribution in [0.5, 0.6) is 5.75 Å². The van der Waals surface area contributed by atoms with Crippen LogP contribution in [0.4, 0.5) is 0 Å². The normalized spacial score (nSPS) is 20.9. The molecule has 43 heavy (non-hydrogen) atoms. The quantitative estimate of drug-likeness (QED) is 0.308. The Balaban J connectivity index is 0.000000996. The Bertz CT molecular complexity index is 1520. The number of amides is 1. The number of carbonyl (C=O) groups excluding carboxylic acids is 3. The molecule has 5 rings (SSSR count). The maximum absolute atomic E-state index is 13.9. The highest BCUT2D eigenvalue weighted by atomic mass is 32.2. The van der Waals surface area contributed by atoms with E-state index in [0.29, 0.717) is 52.6 Å². The molecule has 1 aromatic heterocycles. The van der Waals surface area contributed by atoms with Gasteiger partial charge < -0.3 is 14.4 Å². The average molecular weight is 606 g/mol. The van der Waals surface area contributed by atoms with Gasteiger partial charge in [-0.2, -0.15) is 0 Å². The summed E-state index contributed by atoms with van der Waals surface area (Å²) in [6.07, 6.45) is 3.72. The van der Waals surface area contributed by atoms with Crippen LogP contribution in [-0.2, 0) is 14.3 Å². The van der Waals surface area contributed by atoms with Crippen LogP contribution in [0.2, 0.25) is 0 Å². The number of hydrogen-bond acceptors (Lipinski definition) is 8. The Hall–Kier alpha value is -3.43. The van der Waals surface area contributed by atoms with Crippen LogP contribution >= 0.6 is 11.9 Å². The van der Waals surface area contributed by atoms with E-state index in [2.05, 4.69) is 37.4 Å². The van der Waals surface area contributed by atoms with Crippen molar-refractivity contribution in [2.24, 2.45) is 11.3 Å². The van der Waals surface area contributed by atoms with Crippen LogP contribution in [0.3, 0.4) is 0 Å². The van der Waals surface area contributed by atoms with Gasteiger partial charge in [-0.1, -0.05) is 45.7 Å². The summed E-state index contributed by atoms with van der Waals surface area (Å²) in [5.41, 5.74) is 5.03. The molecule has 2 atom stereocenters. The number of likely N-dealkylation sites (N-methyl/N-ethyl adjacent to an activating group) is 1. The smallest absolute Gasteiger partial charge is 0.254 e. The van der Waals surface area contributed by atoms with E-state index in [0.717, 1.165) is 28.5 Å². The van der Waals surface area contributed by atoms with Crippen molar-refractivity contribution in [3.05, 3.63) is 69.3 Å². The zero-order valence-corrected chi connectivity index (χ0v) is 27.7. The number of Topliss-reactive ketones (excluding diaryl/α,β-unsaturated/α-hetero) is 1. The summed E-state index contributed by atoms with van der Waals surface area (Å²) in [5, 5.41) is 0. The van der Waals surface area contributed by atoms with Crippen molar-refractivity contribution < 1.29 is 23.9 Å². The van der Waals surface area contributed by atoms with Crippen LogP contribution in [0.15, 0.2) is 46.9 Å². The molecule has 0 unspecified atom stereocenters. The van der Waals surface area contributed by atoms with Gasteiger partial charge in [0.2, 0.25) is 0 Å². The van der Waals surface area contributed by atoms with Gasteiger partial charge in [-0.3, -0.25) is 19.1 Å². The molecule has 1 aliphatic carbocycles. The first-order chi connectivity index (χ1) is 20.3. The second-order valence-corrected chi connectivity index (χ2v) is 13.3. The molecule has 3 aliphatic rings. The number of ether oxygens (including phenoxy) is 2.